The lowest BCUT2D eigenvalue weighted by Crippen LogP contribution is -2.29. The molecule has 2 N–H and O–H groups in total. The summed E-state index contributed by atoms with van der Waals surface area (Å²) in [5, 5.41) is 23.6. The summed E-state index contributed by atoms with van der Waals surface area (Å²) < 4.78 is 1.93. The summed E-state index contributed by atoms with van der Waals surface area (Å²) >= 11 is 0. The molecule has 0 saturated carbocycles. The quantitative estimate of drug-likeness (QED) is 0.677. The molecule has 2 aromatic carbocycles. The van der Waals surface area contributed by atoms with E-state index in [-0.39, 0.29) is 0 Å². The van der Waals surface area contributed by atoms with Crippen LogP contribution in [0.15, 0.2) is 54.7 Å². The molecule has 1 heterocycles. The molecule has 0 aliphatic heterocycles. The van der Waals surface area contributed by atoms with E-state index in [4.69, 9.17) is 10.0 Å². The molecule has 1 aromatic heterocycles. The van der Waals surface area contributed by atoms with Gasteiger partial charge in [-0.1, -0.05) is 42.5 Å². The van der Waals surface area contributed by atoms with Crippen molar-refractivity contribution in [2.45, 2.75) is 6.54 Å². The van der Waals surface area contributed by atoms with Crippen molar-refractivity contribution in [2.75, 3.05) is 0 Å². The third-order valence-electron chi connectivity index (χ3n) is 3.16. The van der Waals surface area contributed by atoms with E-state index in [9.17, 15) is 0 Å². The van der Waals surface area contributed by atoms with E-state index in [1.165, 1.54) is 0 Å². The number of nitrogens with zero attached hydrogens (tertiary/aromatic N) is 2. The fraction of sp³-hybridized carbons (Fsp3) is 0.0714. The number of hydrogen-bond acceptors (Lipinski definition) is 3. The molecule has 0 spiro atoms. The molecule has 0 radical (unpaired) electrons. The highest BCUT2D eigenvalue weighted by molar-refractivity contribution is 6.58. The molecular weight excluding hydrogens is 239 g/mol. The van der Waals surface area contributed by atoms with Gasteiger partial charge in [0.05, 0.1) is 18.3 Å². The zero-order valence-corrected chi connectivity index (χ0v) is 10.3. The molecule has 0 bridgehead atoms. The second-order valence-corrected chi connectivity index (χ2v) is 4.48. The molecule has 5 heteroatoms. The monoisotopic (exact) mass is 252 g/mol. The topological polar surface area (TPSA) is 58.3 Å². The summed E-state index contributed by atoms with van der Waals surface area (Å²) in [6, 6.07) is 15.2. The van der Waals surface area contributed by atoms with Crippen molar-refractivity contribution >= 4 is 23.5 Å². The van der Waals surface area contributed by atoms with Crippen LogP contribution in [0.25, 0.3) is 10.9 Å². The van der Waals surface area contributed by atoms with E-state index in [1.54, 1.807) is 12.1 Å². The minimum atomic E-state index is -1.42. The lowest BCUT2D eigenvalue weighted by atomic mass is 9.80. The van der Waals surface area contributed by atoms with Crippen molar-refractivity contribution in [3.63, 3.8) is 0 Å². The maximum atomic E-state index is 9.05. The van der Waals surface area contributed by atoms with E-state index in [0.717, 1.165) is 16.5 Å². The van der Waals surface area contributed by atoms with Gasteiger partial charge in [0.1, 0.15) is 0 Å². The van der Waals surface area contributed by atoms with Crippen molar-refractivity contribution in [3.8, 4) is 0 Å². The smallest absolute Gasteiger partial charge is 0.423 e. The van der Waals surface area contributed by atoms with Crippen LogP contribution in [0.4, 0.5) is 0 Å². The predicted molar refractivity (Wildman–Crippen MR) is 75.1 cm³/mol. The Morgan fingerprint density at radius 3 is 2.47 bits per heavy atom. The largest absolute Gasteiger partial charge is 0.488 e. The number of fused-ring (bicyclic) bond motifs is 1. The van der Waals surface area contributed by atoms with Gasteiger partial charge in [0.25, 0.3) is 0 Å². The molecule has 0 saturated heterocycles. The number of hydrogen-bond donors (Lipinski definition) is 2. The number of rotatable bonds is 3. The average Bonchev–Trinajstić information content (AvgIpc) is 2.83. The van der Waals surface area contributed by atoms with Gasteiger partial charge in [0, 0.05) is 5.39 Å². The van der Waals surface area contributed by atoms with Crippen LogP contribution in [0.5, 0.6) is 0 Å². The lowest BCUT2D eigenvalue weighted by molar-refractivity contribution is 0.426. The first-order valence-electron chi connectivity index (χ1n) is 6.09. The van der Waals surface area contributed by atoms with Crippen LogP contribution in [0, 0.1) is 0 Å². The molecular formula is C14H13BN2O2. The van der Waals surface area contributed by atoms with Gasteiger partial charge in [-0.2, -0.15) is 5.10 Å². The lowest BCUT2D eigenvalue weighted by Gasteiger charge is -2.05. The van der Waals surface area contributed by atoms with Gasteiger partial charge in [-0.15, -0.1) is 0 Å². The first-order chi connectivity index (χ1) is 9.24. The zero-order valence-electron chi connectivity index (χ0n) is 10.3. The SMILES string of the molecule is OB(O)c1ccc(Cn2ncc3ccccc32)cc1. The fourth-order valence-corrected chi connectivity index (χ4v) is 2.12. The Hall–Kier alpha value is -2.11. The standard InChI is InChI=1S/C14H13BN2O2/c18-15(19)13-7-5-11(6-8-13)10-17-14-4-2-1-3-12(14)9-16-17/h1-9,18-19H,10H2. The molecule has 19 heavy (non-hydrogen) atoms. The molecule has 0 unspecified atom stereocenters. The molecule has 3 rings (SSSR count). The van der Waals surface area contributed by atoms with Gasteiger partial charge in [0.15, 0.2) is 0 Å². The molecule has 0 atom stereocenters. The van der Waals surface area contributed by atoms with Crippen molar-refractivity contribution in [1.29, 1.82) is 0 Å². The van der Waals surface area contributed by atoms with Gasteiger partial charge in [-0.05, 0) is 17.1 Å². The van der Waals surface area contributed by atoms with E-state index in [1.807, 2.05) is 47.3 Å². The fourth-order valence-electron chi connectivity index (χ4n) is 2.12. The maximum absolute atomic E-state index is 9.05. The molecule has 94 valence electrons. The normalized spacial score (nSPS) is 10.8. The molecule has 4 nitrogen and oxygen atoms in total. The van der Waals surface area contributed by atoms with Crippen LogP contribution in [0.2, 0.25) is 0 Å². The van der Waals surface area contributed by atoms with E-state index < -0.39 is 7.12 Å². The Kier molecular flexibility index (Phi) is 3.07. The number of benzene rings is 2. The summed E-state index contributed by atoms with van der Waals surface area (Å²) in [6.45, 7) is 0.662. The number of para-hydroxylation sites is 1. The minimum absolute atomic E-state index is 0.495. The van der Waals surface area contributed by atoms with Crippen LogP contribution in [0.1, 0.15) is 5.56 Å². The summed E-state index contributed by atoms with van der Waals surface area (Å²) in [6.07, 6.45) is 1.85. The van der Waals surface area contributed by atoms with Gasteiger partial charge in [-0.3, -0.25) is 4.68 Å². The van der Waals surface area contributed by atoms with Gasteiger partial charge >= 0.3 is 7.12 Å². The Labute approximate surface area is 111 Å². The Bertz CT molecular complexity index is 692. The summed E-state index contributed by atoms with van der Waals surface area (Å²) in [4.78, 5) is 0. The van der Waals surface area contributed by atoms with Gasteiger partial charge in [-0.25, -0.2) is 0 Å². The van der Waals surface area contributed by atoms with E-state index in [0.29, 0.717) is 12.0 Å². The van der Waals surface area contributed by atoms with Crippen molar-refractivity contribution < 1.29 is 10.0 Å². The minimum Gasteiger partial charge on any atom is -0.423 e. The molecule has 0 fully saturated rings. The van der Waals surface area contributed by atoms with Crippen LogP contribution in [-0.2, 0) is 6.54 Å². The average molecular weight is 252 g/mol. The van der Waals surface area contributed by atoms with Crippen LogP contribution in [-0.4, -0.2) is 26.9 Å². The highest BCUT2D eigenvalue weighted by Crippen LogP contribution is 2.14. The summed E-state index contributed by atoms with van der Waals surface area (Å²) in [5.74, 6) is 0. The highest BCUT2D eigenvalue weighted by atomic mass is 16.4. The summed E-state index contributed by atoms with van der Waals surface area (Å²) in [7, 11) is -1.42. The summed E-state index contributed by atoms with van der Waals surface area (Å²) in [5.41, 5.74) is 2.65. The van der Waals surface area contributed by atoms with E-state index >= 15 is 0 Å². The second-order valence-electron chi connectivity index (χ2n) is 4.48. The van der Waals surface area contributed by atoms with Crippen LogP contribution >= 0.6 is 0 Å². The van der Waals surface area contributed by atoms with Crippen molar-refractivity contribution in [2.24, 2.45) is 0 Å². The molecule has 3 aromatic rings. The van der Waals surface area contributed by atoms with Crippen LogP contribution < -0.4 is 5.46 Å². The second kappa shape index (κ2) is 4.88. The van der Waals surface area contributed by atoms with E-state index in [2.05, 4.69) is 5.10 Å². The maximum Gasteiger partial charge on any atom is 0.488 e. The Morgan fingerprint density at radius 2 is 1.74 bits per heavy atom. The third-order valence-corrected chi connectivity index (χ3v) is 3.16. The number of aromatic nitrogens is 2. The molecule has 0 aliphatic carbocycles. The van der Waals surface area contributed by atoms with Gasteiger partial charge in [0.2, 0.25) is 0 Å². The molecule has 0 amide bonds. The Balaban J connectivity index is 1.88. The molecule has 0 aliphatic rings. The first kappa shape index (κ1) is 12.0. The van der Waals surface area contributed by atoms with Crippen molar-refractivity contribution in [1.82, 2.24) is 9.78 Å². The first-order valence-corrected chi connectivity index (χ1v) is 6.09. The zero-order chi connectivity index (χ0) is 13.2. The van der Waals surface area contributed by atoms with Crippen LogP contribution in [0.3, 0.4) is 0 Å². The Morgan fingerprint density at radius 1 is 1.00 bits per heavy atom. The third kappa shape index (κ3) is 2.38. The predicted octanol–water partition coefficient (Wildman–Crippen LogP) is 0.764. The van der Waals surface area contributed by atoms with Gasteiger partial charge < -0.3 is 10.0 Å². The highest BCUT2D eigenvalue weighted by Gasteiger charge is 2.10. The van der Waals surface area contributed by atoms with Crippen molar-refractivity contribution in [3.05, 3.63) is 60.3 Å².